The number of benzene rings is 8. The van der Waals surface area contributed by atoms with Gasteiger partial charge < -0.3 is 0 Å². The molecule has 0 heterocycles. The van der Waals surface area contributed by atoms with E-state index in [1.165, 1.54) is 59.7 Å². The molecule has 0 fully saturated rings. The van der Waals surface area contributed by atoms with E-state index < -0.39 is 29.3 Å². The fourth-order valence-electron chi connectivity index (χ4n) is 6.57. The van der Waals surface area contributed by atoms with Gasteiger partial charge in [0.25, 0.3) is 0 Å². The Morgan fingerprint density at radius 1 is 0.255 bits per heavy atom. The predicted molar refractivity (Wildman–Crippen MR) is 222 cm³/mol. The average molecular weight is 778 g/mol. The van der Waals surface area contributed by atoms with Gasteiger partial charge in [0.1, 0.15) is 0 Å². The summed E-state index contributed by atoms with van der Waals surface area (Å²) in [5.74, 6) is 0. The van der Waals surface area contributed by atoms with Crippen LogP contribution in [0.4, 0.5) is 11.4 Å². The summed E-state index contributed by atoms with van der Waals surface area (Å²) in [7, 11) is 0. The van der Waals surface area contributed by atoms with Crippen LogP contribution < -0.4 is 31.4 Å². The zero-order chi connectivity index (χ0) is 34.2. The molecule has 244 valence electrons. The topological polar surface area (TPSA) is 12.0 Å². The molecule has 0 unspecified atom stereocenters. The SMILES string of the molecule is c1ccc(-c2ccc(Nc3ccc(-c4ccccc4)cc3[As](c3ccccc3)c3ccccc3)c([As](c3ccccc3)c3ccccc3)c2)cc1. The summed E-state index contributed by atoms with van der Waals surface area (Å²) in [6.07, 6.45) is 0. The van der Waals surface area contributed by atoms with Crippen molar-refractivity contribution in [2.24, 2.45) is 0 Å². The third kappa shape index (κ3) is 7.43. The Morgan fingerprint density at radius 3 is 0.824 bits per heavy atom. The number of nitrogens with one attached hydrogen (secondary N) is 1. The van der Waals surface area contributed by atoms with Crippen molar-refractivity contribution < 1.29 is 0 Å². The molecule has 51 heavy (non-hydrogen) atoms. The van der Waals surface area contributed by atoms with E-state index in [-0.39, 0.29) is 0 Å². The van der Waals surface area contributed by atoms with Crippen molar-refractivity contribution in [3.05, 3.63) is 218 Å². The van der Waals surface area contributed by atoms with Gasteiger partial charge in [-0.1, -0.05) is 0 Å². The van der Waals surface area contributed by atoms with Crippen LogP contribution in [0, 0.1) is 0 Å². The van der Waals surface area contributed by atoms with Crippen molar-refractivity contribution in [1.29, 1.82) is 0 Å². The maximum absolute atomic E-state index is 4.11. The minimum absolute atomic E-state index is 1.17. The van der Waals surface area contributed by atoms with E-state index in [0.29, 0.717) is 0 Å². The molecule has 0 amide bonds. The van der Waals surface area contributed by atoms with Crippen LogP contribution in [0.15, 0.2) is 218 Å². The van der Waals surface area contributed by atoms with Crippen molar-refractivity contribution >= 4 is 66.8 Å². The monoisotopic (exact) mass is 777 g/mol. The molecule has 3 heteroatoms. The normalized spacial score (nSPS) is 11.1. The van der Waals surface area contributed by atoms with Gasteiger partial charge in [-0.2, -0.15) is 0 Å². The van der Waals surface area contributed by atoms with E-state index in [4.69, 9.17) is 0 Å². The molecule has 0 radical (unpaired) electrons. The Balaban J connectivity index is 1.34. The molecule has 0 aliphatic heterocycles. The van der Waals surface area contributed by atoms with Gasteiger partial charge in [0.2, 0.25) is 0 Å². The fourth-order valence-corrected chi connectivity index (χ4v) is 16.8. The van der Waals surface area contributed by atoms with E-state index in [0.717, 1.165) is 0 Å². The standard InChI is InChI=1S/C48H37As2N/c1-7-19-37(20-8-1)39-31-33-47(45(35-39)49(41-23-11-3-12-24-41)42-25-13-4-14-26-42)51-48-34-32-40(38-21-9-2-10-22-38)36-46(48)50(43-27-15-5-16-28-43)44-29-17-6-18-30-44/h1-36,51H. The molecule has 0 spiro atoms. The summed E-state index contributed by atoms with van der Waals surface area (Å²) in [6, 6.07) is 80.2. The van der Waals surface area contributed by atoms with Crippen molar-refractivity contribution in [1.82, 2.24) is 0 Å². The Kier molecular flexibility index (Phi) is 10.1. The van der Waals surface area contributed by atoms with E-state index in [2.05, 4.69) is 224 Å². The van der Waals surface area contributed by atoms with E-state index in [1.54, 1.807) is 0 Å². The molecule has 8 rings (SSSR count). The van der Waals surface area contributed by atoms with Crippen LogP contribution in [0.25, 0.3) is 22.3 Å². The Bertz CT molecular complexity index is 2070. The van der Waals surface area contributed by atoms with Crippen molar-refractivity contribution in [3.63, 3.8) is 0 Å². The van der Waals surface area contributed by atoms with Gasteiger partial charge in [0, 0.05) is 0 Å². The fraction of sp³-hybridized carbons (Fsp3) is 0. The first-order valence-corrected chi connectivity index (χ1v) is 22.9. The molecule has 8 aromatic rings. The number of hydrogen-bond acceptors (Lipinski definition) is 1. The summed E-state index contributed by atoms with van der Waals surface area (Å²) >= 11 is -4.01. The second-order valence-electron chi connectivity index (χ2n) is 12.3. The minimum atomic E-state index is -2.01. The van der Waals surface area contributed by atoms with Crippen LogP contribution in [0.5, 0.6) is 0 Å². The van der Waals surface area contributed by atoms with E-state index in [9.17, 15) is 0 Å². The zero-order valence-electron chi connectivity index (χ0n) is 28.2. The first kappa shape index (κ1) is 32.9. The van der Waals surface area contributed by atoms with E-state index in [1.807, 2.05) is 0 Å². The Labute approximate surface area is 310 Å². The van der Waals surface area contributed by atoms with Crippen LogP contribution in [0.3, 0.4) is 0 Å². The number of rotatable bonds is 10. The first-order valence-electron chi connectivity index (χ1n) is 17.3. The van der Waals surface area contributed by atoms with Crippen LogP contribution in [-0.2, 0) is 0 Å². The summed E-state index contributed by atoms with van der Waals surface area (Å²) < 4.78 is 8.40. The van der Waals surface area contributed by atoms with Crippen molar-refractivity contribution in [3.8, 4) is 22.3 Å². The summed E-state index contributed by atoms with van der Waals surface area (Å²) in [6.45, 7) is 0. The molecule has 0 aromatic heterocycles. The van der Waals surface area contributed by atoms with Crippen molar-refractivity contribution in [2.45, 2.75) is 0 Å². The van der Waals surface area contributed by atoms with Gasteiger partial charge in [-0.05, 0) is 0 Å². The summed E-state index contributed by atoms with van der Waals surface area (Å²) in [5.41, 5.74) is 7.28. The van der Waals surface area contributed by atoms with Gasteiger partial charge in [-0.25, -0.2) is 0 Å². The second-order valence-corrected chi connectivity index (χ2v) is 21.5. The molecule has 1 nitrogen and oxygen atoms in total. The van der Waals surface area contributed by atoms with Gasteiger partial charge in [-0.3, -0.25) is 0 Å². The second kappa shape index (κ2) is 15.7. The summed E-state index contributed by atoms with van der Waals surface area (Å²) in [5, 5.41) is 4.11. The van der Waals surface area contributed by atoms with Gasteiger partial charge in [0.15, 0.2) is 0 Å². The van der Waals surface area contributed by atoms with Crippen LogP contribution in [0.1, 0.15) is 0 Å². The van der Waals surface area contributed by atoms with Gasteiger partial charge >= 0.3 is 313 Å². The molecule has 0 aliphatic carbocycles. The molecule has 0 saturated carbocycles. The molecule has 1 N–H and O–H groups in total. The van der Waals surface area contributed by atoms with Crippen LogP contribution in [0.2, 0.25) is 0 Å². The Hall–Kier alpha value is -5.32. The van der Waals surface area contributed by atoms with Gasteiger partial charge in [0.05, 0.1) is 0 Å². The average Bonchev–Trinajstić information content (AvgIpc) is 3.21. The molecule has 0 bridgehead atoms. The van der Waals surface area contributed by atoms with E-state index >= 15 is 0 Å². The molecular formula is C48H37As2N. The third-order valence-corrected chi connectivity index (χ3v) is 19.4. The van der Waals surface area contributed by atoms with Crippen LogP contribution >= 0.6 is 0 Å². The summed E-state index contributed by atoms with van der Waals surface area (Å²) in [4.78, 5) is 0. The molecule has 0 atom stereocenters. The quantitative estimate of drug-likeness (QED) is 0.140. The third-order valence-electron chi connectivity index (χ3n) is 9.02. The molecule has 0 aliphatic rings. The predicted octanol–water partition coefficient (Wildman–Crippen LogP) is 7.80. The molecule has 8 aromatic carbocycles. The molecule has 0 saturated heterocycles. The maximum atomic E-state index is 4.11. The number of anilines is 2. The van der Waals surface area contributed by atoms with Gasteiger partial charge in [-0.15, -0.1) is 0 Å². The van der Waals surface area contributed by atoms with Crippen LogP contribution in [-0.4, -0.2) is 29.3 Å². The Morgan fingerprint density at radius 2 is 0.529 bits per heavy atom. The zero-order valence-corrected chi connectivity index (χ0v) is 31.9. The number of hydrogen-bond donors (Lipinski definition) is 1. The molecular weight excluding hydrogens is 740 g/mol. The van der Waals surface area contributed by atoms with Crippen molar-refractivity contribution in [2.75, 3.05) is 5.32 Å². The first-order chi connectivity index (χ1) is 25.3.